The molecule has 5 atom stereocenters. The second-order valence-corrected chi connectivity index (χ2v) is 7.44. The number of methoxy groups -OCH3 is 1. The number of aromatic amines is 1. The Balaban J connectivity index is 1.66. The third kappa shape index (κ3) is 1.76. The molecule has 126 valence electrons. The molecule has 3 saturated heterocycles. The average Bonchev–Trinajstić information content (AvgIpc) is 2.99. The van der Waals surface area contributed by atoms with Gasteiger partial charge in [0.25, 0.3) is 0 Å². The van der Waals surface area contributed by atoms with Gasteiger partial charge in [-0.25, -0.2) is 0 Å². The zero-order valence-corrected chi connectivity index (χ0v) is 14.2. The van der Waals surface area contributed by atoms with Crippen LogP contribution in [0, 0.1) is 11.8 Å². The van der Waals surface area contributed by atoms with Crippen molar-refractivity contribution in [3.8, 4) is 5.75 Å². The van der Waals surface area contributed by atoms with E-state index in [0.717, 1.165) is 25.1 Å². The first-order valence-corrected chi connectivity index (χ1v) is 8.95. The van der Waals surface area contributed by atoms with Crippen molar-refractivity contribution in [1.82, 2.24) is 9.88 Å². The van der Waals surface area contributed by atoms with Gasteiger partial charge >= 0.3 is 0 Å². The van der Waals surface area contributed by atoms with Crippen molar-refractivity contribution >= 4 is 10.9 Å². The number of piperidine rings is 3. The number of rotatable bonds is 2. The fourth-order valence-electron chi connectivity index (χ4n) is 5.47. The molecular weight excluding hydrogens is 300 g/mol. The van der Waals surface area contributed by atoms with Crippen LogP contribution < -0.4 is 4.74 Å². The van der Waals surface area contributed by atoms with E-state index in [4.69, 9.17) is 4.74 Å². The largest absolute Gasteiger partial charge is 0.497 e. The number of hydrogen-bond acceptors (Lipinski definition) is 3. The number of aliphatic hydroxyl groups is 1. The molecule has 0 amide bonds. The SMILES string of the molecule is C/C=C1/CN2[C@H]3C[C@@H]1[C@H](CO)[C@@H]2Cc1c3[nH]c2ccc(OC)cc12. The molecule has 2 aromatic rings. The summed E-state index contributed by atoms with van der Waals surface area (Å²) in [6, 6.07) is 7.24. The van der Waals surface area contributed by atoms with E-state index in [9.17, 15) is 5.11 Å². The van der Waals surface area contributed by atoms with Crippen molar-refractivity contribution in [2.24, 2.45) is 11.8 Å². The molecule has 24 heavy (non-hydrogen) atoms. The van der Waals surface area contributed by atoms with Gasteiger partial charge in [0.15, 0.2) is 0 Å². The highest BCUT2D eigenvalue weighted by molar-refractivity contribution is 5.86. The lowest BCUT2D eigenvalue weighted by atomic mass is 9.64. The van der Waals surface area contributed by atoms with Crippen molar-refractivity contribution in [1.29, 1.82) is 0 Å². The average molecular weight is 324 g/mol. The van der Waals surface area contributed by atoms with E-state index in [2.05, 4.69) is 35.0 Å². The highest BCUT2D eigenvalue weighted by Crippen LogP contribution is 2.54. The van der Waals surface area contributed by atoms with Gasteiger partial charge in [-0.2, -0.15) is 0 Å². The minimum Gasteiger partial charge on any atom is -0.497 e. The first-order valence-electron chi connectivity index (χ1n) is 8.95. The second-order valence-electron chi connectivity index (χ2n) is 7.44. The zero-order valence-electron chi connectivity index (χ0n) is 14.2. The summed E-state index contributed by atoms with van der Waals surface area (Å²) in [5, 5.41) is 11.3. The molecule has 1 aromatic carbocycles. The summed E-state index contributed by atoms with van der Waals surface area (Å²) in [6.45, 7) is 3.49. The normalized spacial score (nSPS) is 35.5. The Bertz CT molecular complexity index is 838. The van der Waals surface area contributed by atoms with Crippen LogP contribution in [0.2, 0.25) is 0 Å². The van der Waals surface area contributed by atoms with Gasteiger partial charge in [-0.1, -0.05) is 11.6 Å². The summed E-state index contributed by atoms with van der Waals surface area (Å²) in [5.74, 6) is 1.82. The van der Waals surface area contributed by atoms with Crippen LogP contribution in [-0.2, 0) is 6.42 Å². The van der Waals surface area contributed by atoms with Crippen molar-refractivity contribution < 1.29 is 9.84 Å². The van der Waals surface area contributed by atoms with E-state index in [-0.39, 0.29) is 6.61 Å². The summed E-state index contributed by atoms with van der Waals surface area (Å²) in [6.07, 6.45) is 4.42. The van der Waals surface area contributed by atoms with Gasteiger partial charge < -0.3 is 14.8 Å². The van der Waals surface area contributed by atoms with Gasteiger partial charge in [-0.15, -0.1) is 0 Å². The Labute approximate surface area is 142 Å². The summed E-state index contributed by atoms with van der Waals surface area (Å²) < 4.78 is 5.43. The fourth-order valence-corrected chi connectivity index (χ4v) is 5.47. The molecular formula is C20H24N2O2. The van der Waals surface area contributed by atoms with E-state index in [1.807, 2.05) is 6.07 Å². The number of allylic oxidation sites excluding steroid dienone is 1. The first kappa shape index (κ1) is 14.6. The van der Waals surface area contributed by atoms with Gasteiger partial charge in [0, 0.05) is 41.7 Å². The number of nitrogens with one attached hydrogen (secondary N) is 1. The number of nitrogens with zero attached hydrogens (tertiary/aromatic N) is 1. The van der Waals surface area contributed by atoms with Gasteiger partial charge in [-0.3, -0.25) is 4.90 Å². The molecule has 5 heterocycles. The third-order valence-electron chi connectivity index (χ3n) is 6.63. The minimum atomic E-state index is 0.289. The van der Waals surface area contributed by atoms with Crippen molar-refractivity contribution in [3.05, 3.63) is 41.1 Å². The minimum absolute atomic E-state index is 0.289. The number of fused-ring (bicyclic) bond motifs is 4. The number of aliphatic hydroxyl groups excluding tert-OH is 1. The van der Waals surface area contributed by atoms with Crippen LogP contribution in [0.1, 0.15) is 30.6 Å². The number of benzene rings is 1. The predicted octanol–water partition coefficient (Wildman–Crippen LogP) is 3.03. The molecule has 0 spiro atoms. The highest BCUT2D eigenvalue weighted by atomic mass is 16.5. The maximum Gasteiger partial charge on any atom is 0.119 e. The second kappa shape index (κ2) is 5.11. The van der Waals surface area contributed by atoms with Crippen LogP contribution in [0.15, 0.2) is 29.8 Å². The quantitative estimate of drug-likeness (QED) is 0.835. The number of ether oxygens (including phenoxy) is 1. The van der Waals surface area contributed by atoms with Crippen molar-refractivity contribution in [3.63, 3.8) is 0 Å². The molecule has 0 saturated carbocycles. The highest BCUT2D eigenvalue weighted by Gasteiger charge is 2.52. The number of hydrogen-bond donors (Lipinski definition) is 2. The molecule has 4 nitrogen and oxygen atoms in total. The maximum atomic E-state index is 10.1. The third-order valence-corrected chi connectivity index (χ3v) is 6.63. The summed E-state index contributed by atoms with van der Waals surface area (Å²) in [7, 11) is 1.72. The van der Waals surface area contributed by atoms with Gasteiger partial charge in [0.05, 0.1) is 13.2 Å². The van der Waals surface area contributed by atoms with E-state index >= 15 is 0 Å². The molecule has 0 aliphatic carbocycles. The lowest BCUT2D eigenvalue weighted by Gasteiger charge is -2.58. The van der Waals surface area contributed by atoms with Crippen LogP contribution in [0.3, 0.4) is 0 Å². The fraction of sp³-hybridized carbons (Fsp3) is 0.500. The van der Waals surface area contributed by atoms with Crippen LogP contribution in [0.4, 0.5) is 0 Å². The first-order chi connectivity index (χ1) is 11.7. The molecule has 4 aliphatic heterocycles. The monoisotopic (exact) mass is 324 g/mol. The lowest BCUT2D eigenvalue weighted by Crippen LogP contribution is -2.60. The van der Waals surface area contributed by atoms with E-state index < -0.39 is 0 Å². The standard InChI is InChI=1S/C20H24N2O2/c1-3-11-9-22-18-8-15-14-6-12(24-2)4-5-17(14)21-20(15)19(22)7-13(11)16(18)10-23/h3-6,13,16,18-19,21,23H,7-10H2,1-2H3/b11-3-/t13-,16-,18-,19-/m0/s1. The van der Waals surface area contributed by atoms with Crippen molar-refractivity contribution in [2.75, 3.05) is 20.3 Å². The zero-order chi connectivity index (χ0) is 16.4. The van der Waals surface area contributed by atoms with Crippen LogP contribution >= 0.6 is 0 Å². The van der Waals surface area contributed by atoms with Gasteiger partial charge in [0.2, 0.25) is 0 Å². The predicted molar refractivity (Wildman–Crippen MR) is 94.2 cm³/mol. The number of aromatic nitrogens is 1. The Morgan fingerprint density at radius 2 is 2.29 bits per heavy atom. The molecule has 2 N–H and O–H groups in total. The Kier molecular flexibility index (Phi) is 3.10. The Hall–Kier alpha value is -1.78. The van der Waals surface area contributed by atoms with E-state index in [1.165, 1.54) is 27.7 Å². The summed E-state index contributed by atoms with van der Waals surface area (Å²) >= 11 is 0. The Morgan fingerprint density at radius 3 is 3.04 bits per heavy atom. The summed E-state index contributed by atoms with van der Waals surface area (Å²) in [5.41, 5.74) is 5.56. The molecule has 4 heteroatoms. The maximum absolute atomic E-state index is 10.1. The van der Waals surface area contributed by atoms with E-state index in [1.54, 1.807) is 7.11 Å². The van der Waals surface area contributed by atoms with Gasteiger partial charge in [-0.05, 0) is 49.4 Å². The van der Waals surface area contributed by atoms with Crippen LogP contribution in [0.25, 0.3) is 10.9 Å². The van der Waals surface area contributed by atoms with Crippen molar-refractivity contribution in [2.45, 2.75) is 31.8 Å². The smallest absolute Gasteiger partial charge is 0.119 e. The molecule has 1 unspecified atom stereocenters. The Morgan fingerprint density at radius 1 is 1.42 bits per heavy atom. The molecule has 1 aromatic heterocycles. The molecule has 4 bridgehead atoms. The molecule has 0 radical (unpaired) electrons. The molecule has 3 fully saturated rings. The molecule has 4 aliphatic rings. The topological polar surface area (TPSA) is 48.5 Å². The molecule has 6 rings (SSSR count). The van der Waals surface area contributed by atoms with Crippen LogP contribution in [-0.4, -0.2) is 41.3 Å². The van der Waals surface area contributed by atoms with E-state index in [0.29, 0.717) is 23.9 Å². The summed E-state index contributed by atoms with van der Waals surface area (Å²) in [4.78, 5) is 6.32. The van der Waals surface area contributed by atoms with Gasteiger partial charge in [0.1, 0.15) is 5.75 Å². The number of H-pyrrole nitrogens is 1. The van der Waals surface area contributed by atoms with Crippen LogP contribution in [0.5, 0.6) is 5.75 Å². The lowest BCUT2D eigenvalue weighted by molar-refractivity contribution is -0.0503.